The molecule has 1 unspecified atom stereocenters. The average molecular weight is 306 g/mol. The Hall–Kier alpha value is -2.15. The van der Waals surface area contributed by atoms with Gasteiger partial charge in [0.1, 0.15) is 0 Å². The van der Waals surface area contributed by atoms with Gasteiger partial charge in [-0.2, -0.15) is 0 Å². The number of nitrogens with zero attached hydrogens (tertiary/aromatic N) is 2. The monoisotopic (exact) mass is 306 g/mol. The van der Waals surface area contributed by atoms with Crippen LogP contribution in [0, 0.1) is 16.0 Å². The van der Waals surface area contributed by atoms with E-state index < -0.39 is 4.92 Å². The molecule has 0 bridgehead atoms. The normalized spacial score (nSPS) is 12.1. The van der Waals surface area contributed by atoms with Crippen LogP contribution in [-0.2, 0) is 9.53 Å². The number of benzene rings is 1. The molecule has 2 rings (SSSR count). The highest BCUT2D eigenvalue weighted by molar-refractivity contribution is 7.99. The van der Waals surface area contributed by atoms with Crippen molar-refractivity contribution in [2.75, 3.05) is 12.9 Å². The van der Waals surface area contributed by atoms with E-state index in [1.54, 1.807) is 25.3 Å². The third-order valence-electron chi connectivity index (χ3n) is 3.04. The number of methoxy groups -OCH3 is 1. The molecule has 7 heteroatoms. The molecule has 0 aliphatic carbocycles. The Morgan fingerprint density at radius 1 is 1.43 bits per heavy atom. The second-order valence-corrected chi connectivity index (χ2v) is 5.56. The molecule has 2 aromatic rings. The summed E-state index contributed by atoms with van der Waals surface area (Å²) >= 11 is 1.47. The van der Waals surface area contributed by atoms with Gasteiger partial charge >= 0.3 is 5.97 Å². The number of hydrogen-bond donors (Lipinski definition) is 0. The fourth-order valence-corrected chi connectivity index (χ4v) is 2.98. The van der Waals surface area contributed by atoms with E-state index >= 15 is 0 Å². The number of nitro benzene ring substituents is 1. The van der Waals surface area contributed by atoms with Crippen molar-refractivity contribution in [3.8, 4) is 0 Å². The molecule has 0 aliphatic heterocycles. The molecule has 1 aromatic heterocycles. The number of nitro groups is 1. The molecule has 0 amide bonds. The Morgan fingerprint density at radius 3 is 2.86 bits per heavy atom. The van der Waals surface area contributed by atoms with Gasteiger partial charge in [0.2, 0.25) is 0 Å². The molecule has 0 spiro atoms. The number of aromatic nitrogens is 1. The fourth-order valence-electron chi connectivity index (χ4n) is 1.92. The Labute approximate surface area is 125 Å². The van der Waals surface area contributed by atoms with Crippen LogP contribution in [-0.4, -0.2) is 28.7 Å². The average Bonchev–Trinajstić information content (AvgIpc) is 2.51. The standard InChI is InChI=1S/C14H14N2O4S/c1-9(14(17)20-2)8-21-13-4-3-12(16(18)19)11-7-15-6-5-10(11)13/h3-7,9H,8H2,1-2H3. The van der Waals surface area contributed by atoms with Gasteiger partial charge in [-0.3, -0.25) is 19.9 Å². The molecule has 0 radical (unpaired) electrons. The van der Waals surface area contributed by atoms with Gasteiger partial charge in [0.05, 0.1) is 23.3 Å². The number of pyridine rings is 1. The van der Waals surface area contributed by atoms with Gasteiger partial charge in [0, 0.05) is 34.5 Å². The van der Waals surface area contributed by atoms with E-state index in [9.17, 15) is 14.9 Å². The highest BCUT2D eigenvalue weighted by Crippen LogP contribution is 2.34. The maximum atomic E-state index is 11.4. The van der Waals surface area contributed by atoms with E-state index in [4.69, 9.17) is 0 Å². The zero-order valence-electron chi connectivity index (χ0n) is 11.6. The smallest absolute Gasteiger partial charge is 0.309 e. The number of thioether (sulfide) groups is 1. The first-order valence-electron chi connectivity index (χ1n) is 6.26. The van der Waals surface area contributed by atoms with E-state index in [1.165, 1.54) is 31.1 Å². The van der Waals surface area contributed by atoms with Crippen molar-refractivity contribution in [2.24, 2.45) is 5.92 Å². The van der Waals surface area contributed by atoms with E-state index in [0.29, 0.717) is 11.1 Å². The number of carbonyl (C=O) groups is 1. The highest BCUT2D eigenvalue weighted by atomic mass is 32.2. The second kappa shape index (κ2) is 6.53. The van der Waals surface area contributed by atoms with Crippen LogP contribution in [0.4, 0.5) is 5.69 Å². The molecule has 0 saturated heterocycles. The van der Waals surface area contributed by atoms with Gasteiger partial charge in [0.15, 0.2) is 0 Å². The molecule has 1 atom stereocenters. The van der Waals surface area contributed by atoms with Crippen LogP contribution in [0.25, 0.3) is 10.8 Å². The minimum absolute atomic E-state index is 0.0310. The molecule has 21 heavy (non-hydrogen) atoms. The first-order chi connectivity index (χ1) is 10.0. The Balaban J connectivity index is 2.31. The van der Waals surface area contributed by atoms with Crippen LogP contribution >= 0.6 is 11.8 Å². The third kappa shape index (κ3) is 3.30. The first kappa shape index (κ1) is 15.2. The molecular weight excluding hydrogens is 292 g/mol. The van der Waals surface area contributed by atoms with Crippen LogP contribution in [0.5, 0.6) is 0 Å². The molecule has 0 N–H and O–H groups in total. The van der Waals surface area contributed by atoms with Crippen molar-refractivity contribution in [3.05, 3.63) is 40.7 Å². The number of hydrogen-bond acceptors (Lipinski definition) is 6. The lowest BCUT2D eigenvalue weighted by Gasteiger charge is -2.10. The van der Waals surface area contributed by atoms with Gasteiger partial charge in [-0.1, -0.05) is 6.92 Å². The summed E-state index contributed by atoms with van der Waals surface area (Å²) in [5.74, 6) is 0.0320. The van der Waals surface area contributed by atoms with Crippen LogP contribution in [0.1, 0.15) is 6.92 Å². The van der Waals surface area contributed by atoms with Crippen molar-refractivity contribution in [1.82, 2.24) is 4.98 Å². The predicted molar refractivity (Wildman–Crippen MR) is 80.3 cm³/mol. The molecule has 110 valence electrons. The van der Waals surface area contributed by atoms with Gasteiger partial charge < -0.3 is 4.74 Å². The van der Waals surface area contributed by atoms with Crippen LogP contribution in [0.3, 0.4) is 0 Å². The number of carbonyl (C=O) groups excluding carboxylic acids is 1. The number of fused-ring (bicyclic) bond motifs is 1. The van der Waals surface area contributed by atoms with Crippen molar-refractivity contribution in [3.63, 3.8) is 0 Å². The van der Waals surface area contributed by atoms with Gasteiger partial charge in [-0.15, -0.1) is 11.8 Å². The largest absolute Gasteiger partial charge is 0.469 e. The van der Waals surface area contributed by atoms with Crippen molar-refractivity contribution >= 4 is 34.2 Å². The van der Waals surface area contributed by atoms with Crippen molar-refractivity contribution in [1.29, 1.82) is 0 Å². The molecule has 0 fully saturated rings. The summed E-state index contributed by atoms with van der Waals surface area (Å²) in [5, 5.41) is 12.3. The lowest BCUT2D eigenvalue weighted by atomic mass is 10.1. The summed E-state index contributed by atoms with van der Waals surface area (Å²) < 4.78 is 4.69. The van der Waals surface area contributed by atoms with Crippen molar-refractivity contribution in [2.45, 2.75) is 11.8 Å². The quantitative estimate of drug-likeness (QED) is 0.365. The Morgan fingerprint density at radius 2 is 2.19 bits per heavy atom. The lowest BCUT2D eigenvalue weighted by molar-refractivity contribution is -0.383. The van der Waals surface area contributed by atoms with Crippen LogP contribution in [0.2, 0.25) is 0 Å². The fraction of sp³-hybridized carbons (Fsp3) is 0.286. The molecule has 6 nitrogen and oxygen atoms in total. The zero-order chi connectivity index (χ0) is 15.4. The Bertz CT molecular complexity index is 690. The molecule has 1 heterocycles. The summed E-state index contributed by atoms with van der Waals surface area (Å²) in [6.45, 7) is 1.79. The second-order valence-electron chi connectivity index (χ2n) is 4.50. The SMILES string of the molecule is COC(=O)C(C)CSc1ccc([N+](=O)[O-])c2cnccc12. The van der Waals surface area contributed by atoms with Gasteiger partial charge in [-0.25, -0.2) is 0 Å². The van der Waals surface area contributed by atoms with Crippen LogP contribution in [0.15, 0.2) is 35.5 Å². The number of non-ortho nitro benzene ring substituents is 1. The lowest BCUT2D eigenvalue weighted by Crippen LogP contribution is -2.14. The molecular formula is C14H14N2O4S. The minimum Gasteiger partial charge on any atom is -0.469 e. The molecule has 0 saturated carbocycles. The van der Waals surface area contributed by atoms with E-state index in [-0.39, 0.29) is 17.6 Å². The molecule has 1 aromatic carbocycles. The summed E-state index contributed by atoms with van der Waals surface area (Å²) in [5.41, 5.74) is 0.0310. The number of rotatable bonds is 5. The summed E-state index contributed by atoms with van der Waals surface area (Å²) in [4.78, 5) is 26.8. The predicted octanol–water partition coefficient (Wildman–Crippen LogP) is 3.04. The van der Waals surface area contributed by atoms with Crippen molar-refractivity contribution < 1.29 is 14.5 Å². The first-order valence-corrected chi connectivity index (χ1v) is 7.25. The summed E-state index contributed by atoms with van der Waals surface area (Å²) in [7, 11) is 1.36. The van der Waals surface area contributed by atoms with E-state index in [2.05, 4.69) is 9.72 Å². The highest BCUT2D eigenvalue weighted by Gasteiger charge is 2.17. The zero-order valence-corrected chi connectivity index (χ0v) is 12.4. The third-order valence-corrected chi connectivity index (χ3v) is 4.38. The Kier molecular flexibility index (Phi) is 4.74. The van der Waals surface area contributed by atoms with E-state index in [0.717, 1.165) is 10.3 Å². The van der Waals surface area contributed by atoms with Gasteiger partial charge in [-0.05, 0) is 12.1 Å². The van der Waals surface area contributed by atoms with E-state index in [1.807, 2.05) is 0 Å². The molecule has 0 aliphatic rings. The van der Waals surface area contributed by atoms with Crippen LogP contribution < -0.4 is 0 Å². The topological polar surface area (TPSA) is 82.3 Å². The van der Waals surface area contributed by atoms with Gasteiger partial charge in [0.25, 0.3) is 5.69 Å². The minimum atomic E-state index is -0.421. The summed E-state index contributed by atoms with van der Waals surface area (Å²) in [6.07, 6.45) is 3.08. The number of esters is 1. The summed E-state index contributed by atoms with van der Waals surface area (Å²) in [6, 6.07) is 4.91. The maximum absolute atomic E-state index is 11.4. The maximum Gasteiger partial charge on any atom is 0.309 e. The number of ether oxygens (including phenoxy) is 1.